The van der Waals surface area contributed by atoms with Gasteiger partial charge in [0, 0.05) is 23.0 Å². The van der Waals surface area contributed by atoms with E-state index in [1.165, 1.54) is 10.9 Å². The Morgan fingerprint density at radius 3 is 2.28 bits per heavy atom. The van der Waals surface area contributed by atoms with Crippen LogP contribution in [-0.2, 0) is 0 Å². The average molecular weight is 263 g/mol. The molecule has 18 heavy (non-hydrogen) atoms. The first kappa shape index (κ1) is 12.9. The first-order chi connectivity index (χ1) is 8.56. The third-order valence-electron chi connectivity index (χ3n) is 2.89. The lowest BCUT2D eigenvalue weighted by Crippen LogP contribution is -2.21. The minimum atomic E-state index is 0.0556. The van der Waals surface area contributed by atoms with E-state index < -0.39 is 0 Å². The number of hydrogen-bond donors (Lipinski definition) is 3. The summed E-state index contributed by atoms with van der Waals surface area (Å²) in [7, 11) is 0. The van der Waals surface area contributed by atoms with Crippen molar-refractivity contribution in [2.24, 2.45) is 0 Å². The fraction of sp³-hybridized carbons (Fsp3) is 0.286. The van der Waals surface area contributed by atoms with Crippen LogP contribution in [0.25, 0.3) is 0 Å². The Bertz CT molecular complexity index is 490. The number of phenolic OH excluding ortho intramolecular Hbond substituents is 2. The van der Waals surface area contributed by atoms with E-state index in [1.54, 1.807) is 23.5 Å². The maximum absolute atomic E-state index is 9.48. The molecule has 1 aromatic heterocycles. The molecule has 0 fully saturated rings. The molecule has 0 aliphatic carbocycles. The monoisotopic (exact) mass is 263 g/mol. The average Bonchev–Trinajstić information content (AvgIpc) is 2.80. The normalized spacial score (nSPS) is 14.3. The summed E-state index contributed by atoms with van der Waals surface area (Å²) in [6.07, 6.45) is 0. The molecule has 0 saturated carbocycles. The van der Waals surface area contributed by atoms with Gasteiger partial charge in [0.15, 0.2) is 0 Å². The van der Waals surface area contributed by atoms with Gasteiger partial charge in [-0.3, -0.25) is 0 Å². The van der Waals surface area contributed by atoms with Crippen molar-refractivity contribution in [2.75, 3.05) is 0 Å². The highest BCUT2D eigenvalue weighted by Crippen LogP contribution is 2.27. The van der Waals surface area contributed by atoms with Crippen molar-refractivity contribution >= 4 is 11.3 Å². The van der Waals surface area contributed by atoms with Crippen LogP contribution in [0.5, 0.6) is 11.5 Å². The van der Waals surface area contributed by atoms with Gasteiger partial charge in [0.1, 0.15) is 11.5 Å². The summed E-state index contributed by atoms with van der Waals surface area (Å²) < 4.78 is 0. The van der Waals surface area contributed by atoms with Gasteiger partial charge in [0.05, 0.1) is 0 Å². The molecular formula is C14H17NO2S. The van der Waals surface area contributed by atoms with Crippen LogP contribution >= 0.6 is 11.3 Å². The molecular weight excluding hydrogens is 246 g/mol. The molecule has 3 nitrogen and oxygen atoms in total. The van der Waals surface area contributed by atoms with E-state index >= 15 is 0 Å². The molecule has 96 valence electrons. The van der Waals surface area contributed by atoms with Crippen molar-refractivity contribution in [3.8, 4) is 11.5 Å². The zero-order chi connectivity index (χ0) is 13.1. The number of aromatic hydroxyl groups is 2. The lowest BCUT2D eigenvalue weighted by atomic mass is 10.1. The zero-order valence-corrected chi connectivity index (χ0v) is 11.2. The fourth-order valence-electron chi connectivity index (χ4n) is 1.96. The molecule has 0 spiro atoms. The highest BCUT2D eigenvalue weighted by molar-refractivity contribution is 7.10. The number of thiophene rings is 1. The molecule has 2 rings (SSSR count). The van der Waals surface area contributed by atoms with E-state index in [0.29, 0.717) is 0 Å². The Balaban J connectivity index is 2.09. The van der Waals surface area contributed by atoms with Crippen LogP contribution in [0.15, 0.2) is 35.7 Å². The number of rotatable bonds is 4. The van der Waals surface area contributed by atoms with Crippen molar-refractivity contribution in [2.45, 2.75) is 25.9 Å². The van der Waals surface area contributed by atoms with Crippen LogP contribution in [0, 0.1) is 0 Å². The van der Waals surface area contributed by atoms with Crippen molar-refractivity contribution in [1.29, 1.82) is 0 Å². The third-order valence-corrected chi connectivity index (χ3v) is 3.95. The smallest absolute Gasteiger partial charge is 0.119 e. The lowest BCUT2D eigenvalue weighted by Gasteiger charge is -2.19. The zero-order valence-electron chi connectivity index (χ0n) is 10.4. The van der Waals surface area contributed by atoms with E-state index in [9.17, 15) is 10.2 Å². The predicted octanol–water partition coefficient (Wildman–Crippen LogP) is 3.57. The van der Waals surface area contributed by atoms with Gasteiger partial charge in [-0.05, 0) is 43.0 Å². The molecule has 0 radical (unpaired) electrons. The van der Waals surface area contributed by atoms with Crippen LogP contribution < -0.4 is 5.32 Å². The molecule has 0 aliphatic rings. The first-order valence-electron chi connectivity index (χ1n) is 5.88. The first-order valence-corrected chi connectivity index (χ1v) is 6.76. The molecule has 3 N–H and O–H groups in total. The summed E-state index contributed by atoms with van der Waals surface area (Å²) in [6.45, 7) is 4.11. The van der Waals surface area contributed by atoms with Gasteiger partial charge in [0.25, 0.3) is 0 Å². The molecule has 1 unspecified atom stereocenters. The van der Waals surface area contributed by atoms with Crippen LogP contribution in [-0.4, -0.2) is 10.2 Å². The number of phenols is 2. The summed E-state index contributed by atoms with van der Waals surface area (Å²) in [6, 6.07) is 9.08. The van der Waals surface area contributed by atoms with Crippen LogP contribution in [0.1, 0.15) is 36.4 Å². The van der Waals surface area contributed by atoms with Gasteiger partial charge in [-0.25, -0.2) is 0 Å². The Hall–Kier alpha value is -1.52. The topological polar surface area (TPSA) is 52.5 Å². The van der Waals surface area contributed by atoms with Crippen molar-refractivity contribution in [3.63, 3.8) is 0 Å². The molecule has 2 aromatic rings. The largest absolute Gasteiger partial charge is 0.508 e. The second-order valence-corrected chi connectivity index (χ2v) is 5.39. The SMILES string of the molecule is CC(N[C@@H](C)c1cccs1)c1cc(O)cc(O)c1. The van der Waals surface area contributed by atoms with Crippen molar-refractivity contribution in [1.82, 2.24) is 5.32 Å². The van der Waals surface area contributed by atoms with Gasteiger partial charge < -0.3 is 15.5 Å². The molecule has 1 heterocycles. The summed E-state index contributed by atoms with van der Waals surface area (Å²) >= 11 is 1.71. The Kier molecular flexibility index (Phi) is 3.89. The van der Waals surface area contributed by atoms with Gasteiger partial charge in [0.2, 0.25) is 0 Å². The lowest BCUT2D eigenvalue weighted by molar-refractivity contribution is 0.442. The van der Waals surface area contributed by atoms with Gasteiger partial charge in [-0.15, -0.1) is 11.3 Å². The quantitative estimate of drug-likeness (QED) is 0.790. The van der Waals surface area contributed by atoms with E-state index in [0.717, 1.165) is 5.56 Å². The van der Waals surface area contributed by atoms with Crippen molar-refractivity contribution < 1.29 is 10.2 Å². The summed E-state index contributed by atoms with van der Waals surface area (Å²) in [5.41, 5.74) is 0.871. The summed E-state index contributed by atoms with van der Waals surface area (Å²) in [5, 5.41) is 24.4. The summed E-state index contributed by atoms with van der Waals surface area (Å²) in [4.78, 5) is 1.27. The minimum Gasteiger partial charge on any atom is -0.508 e. The second kappa shape index (κ2) is 5.42. The molecule has 0 aliphatic heterocycles. The van der Waals surface area contributed by atoms with E-state index in [-0.39, 0.29) is 23.6 Å². The minimum absolute atomic E-state index is 0.0556. The predicted molar refractivity (Wildman–Crippen MR) is 74.1 cm³/mol. The highest BCUT2D eigenvalue weighted by Gasteiger charge is 2.13. The maximum Gasteiger partial charge on any atom is 0.119 e. The second-order valence-electron chi connectivity index (χ2n) is 4.41. The van der Waals surface area contributed by atoms with E-state index in [1.807, 2.05) is 13.0 Å². The van der Waals surface area contributed by atoms with Crippen LogP contribution in [0.4, 0.5) is 0 Å². The molecule has 0 bridgehead atoms. The Morgan fingerprint density at radius 1 is 1.06 bits per heavy atom. The molecule has 1 aromatic carbocycles. The number of nitrogens with one attached hydrogen (secondary N) is 1. The fourth-order valence-corrected chi connectivity index (χ4v) is 2.70. The molecule has 0 amide bonds. The Morgan fingerprint density at radius 2 is 1.72 bits per heavy atom. The Labute approximate surface area is 111 Å². The van der Waals surface area contributed by atoms with Gasteiger partial charge in [-0.2, -0.15) is 0 Å². The maximum atomic E-state index is 9.48. The van der Waals surface area contributed by atoms with Gasteiger partial charge in [-0.1, -0.05) is 6.07 Å². The number of benzene rings is 1. The highest BCUT2D eigenvalue weighted by atomic mass is 32.1. The van der Waals surface area contributed by atoms with Crippen LogP contribution in [0.3, 0.4) is 0 Å². The number of hydrogen-bond acceptors (Lipinski definition) is 4. The van der Waals surface area contributed by atoms with E-state index in [2.05, 4.69) is 23.7 Å². The van der Waals surface area contributed by atoms with Gasteiger partial charge >= 0.3 is 0 Å². The summed E-state index contributed by atoms with van der Waals surface area (Å²) in [5.74, 6) is 0.171. The molecule has 0 saturated heterocycles. The molecule has 4 heteroatoms. The van der Waals surface area contributed by atoms with Crippen LogP contribution in [0.2, 0.25) is 0 Å². The van der Waals surface area contributed by atoms with Crippen molar-refractivity contribution in [3.05, 3.63) is 46.2 Å². The van der Waals surface area contributed by atoms with E-state index in [4.69, 9.17) is 0 Å². The molecule has 2 atom stereocenters. The third kappa shape index (κ3) is 3.03. The standard InChI is InChI=1S/C14H17NO2S/c1-9(11-6-12(16)8-13(17)7-11)15-10(2)14-4-3-5-18-14/h3-10,15-17H,1-2H3/t9?,10-/m0/s1.